The van der Waals surface area contributed by atoms with Crippen molar-refractivity contribution in [3.63, 3.8) is 0 Å². The second-order valence-electron chi connectivity index (χ2n) is 5.03. The highest BCUT2D eigenvalue weighted by molar-refractivity contribution is 5.35. The number of benzene rings is 2. The van der Waals surface area contributed by atoms with Crippen molar-refractivity contribution in [2.75, 3.05) is 0 Å². The Morgan fingerprint density at radius 2 is 1.68 bits per heavy atom. The van der Waals surface area contributed by atoms with Gasteiger partial charge in [-0.25, -0.2) is 0 Å². The molecule has 0 N–H and O–H groups in total. The van der Waals surface area contributed by atoms with E-state index >= 15 is 0 Å². The van der Waals surface area contributed by atoms with Gasteiger partial charge in [0.1, 0.15) is 11.5 Å². The minimum absolute atomic E-state index is 0.597. The standard InChI is InChI=1S/C18H22O/c1-3-4-9-15(2)16-10-8-13-18(14-16)19-17-11-6-5-7-12-17/h5-8,10-15H,3-4,9H2,1-2H3. The van der Waals surface area contributed by atoms with Gasteiger partial charge in [-0.15, -0.1) is 0 Å². The molecule has 100 valence electrons. The molecule has 0 aliphatic heterocycles. The first-order valence-electron chi connectivity index (χ1n) is 7.12. The van der Waals surface area contributed by atoms with Crippen LogP contribution in [-0.4, -0.2) is 0 Å². The molecule has 1 nitrogen and oxygen atoms in total. The van der Waals surface area contributed by atoms with Gasteiger partial charge in [-0.1, -0.05) is 57.0 Å². The second kappa shape index (κ2) is 6.98. The second-order valence-corrected chi connectivity index (χ2v) is 5.03. The molecule has 0 radical (unpaired) electrons. The maximum absolute atomic E-state index is 5.87. The molecular formula is C18H22O. The maximum Gasteiger partial charge on any atom is 0.127 e. The van der Waals surface area contributed by atoms with Gasteiger partial charge in [0.15, 0.2) is 0 Å². The van der Waals surface area contributed by atoms with Crippen LogP contribution in [0.3, 0.4) is 0 Å². The van der Waals surface area contributed by atoms with Crippen LogP contribution in [0.15, 0.2) is 54.6 Å². The first kappa shape index (κ1) is 13.7. The van der Waals surface area contributed by atoms with E-state index in [1.807, 2.05) is 36.4 Å². The molecule has 1 heteroatoms. The zero-order valence-electron chi connectivity index (χ0n) is 11.8. The molecule has 2 aromatic rings. The van der Waals surface area contributed by atoms with Gasteiger partial charge in [0.05, 0.1) is 0 Å². The van der Waals surface area contributed by atoms with Crippen molar-refractivity contribution in [3.05, 3.63) is 60.2 Å². The fourth-order valence-electron chi connectivity index (χ4n) is 2.19. The Morgan fingerprint density at radius 3 is 2.42 bits per heavy atom. The monoisotopic (exact) mass is 254 g/mol. The van der Waals surface area contributed by atoms with Crippen LogP contribution in [0, 0.1) is 0 Å². The predicted molar refractivity (Wildman–Crippen MR) is 80.9 cm³/mol. The van der Waals surface area contributed by atoms with E-state index in [1.165, 1.54) is 24.8 Å². The smallest absolute Gasteiger partial charge is 0.127 e. The molecule has 1 unspecified atom stereocenters. The van der Waals surface area contributed by atoms with Crippen molar-refractivity contribution in [3.8, 4) is 11.5 Å². The highest BCUT2D eigenvalue weighted by Crippen LogP contribution is 2.27. The molecule has 0 heterocycles. The zero-order chi connectivity index (χ0) is 13.5. The average molecular weight is 254 g/mol. The molecule has 0 amide bonds. The van der Waals surface area contributed by atoms with E-state index in [-0.39, 0.29) is 0 Å². The van der Waals surface area contributed by atoms with Crippen LogP contribution in [0.1, 0.15) is 44.6 Å². The lowest BCUT2D eigenvalue weighted by Crippen LogP contribution is -1.94. The molecule has 0 saturated carbocycles. The molecular weight excluding hydrogens is 232 g/mol. The van der Waals surface area contributed by atoms with E-state index in [0.717, 1.165) is 11.5 Å². The Balaban J connectivity index is 2.06. The summed E-state index contributed by atoms with van der Waals surface area (Å²) in [6.45, 7) is 4.53. The van der Waals surface area contributed by atoms with Crippen molar-refractivity contribution in [1.82, 2.24) is 0 Å². The number of hydrogen-bond acceptors (Lipinski definition) is 1. The Bertz CT molecular complexity index is 490. The molecule has 2 rings (SSSR count). The number of rotatable bonds is 6. The number of para-hydroxylation sites is 1. The van der Waals surface area contributed by atoms with Crippen LogP contribution in [-0.2, 0) is 0 Å². The van der Waals surface area contributed by atoms with Gasteiger partial charge in [0.2, 0.25) is 0 Å². The first-order valence-corrected chi connectivity index (χ1v) is 7.12. The van der Waals surface area contributed by atoms with Crippen molar-refractivity contribution in [1.29, 1.82) is 0 Å². The summed E-state index contributed by atoms with van der Waals surface area (Å²) in [6, 6.07) is 18.4. The fraction of sp³-hybridized carbons (Fsp3) is 0.333. The highest BCUT2D eigenvalue weighted by Gasteiger charge is 2.06. The predicted octanol–water partition coefficient (Wildman–Crippen LogP) is 5.77. The van der Waals surface area contributed by atoms with Crippen LogP contribution < -0.4 is 4.74 Å². The molecule has 0 bridgehead atoms. The van der Waals surface area contributed by atoms with E-state index in [1.54, 1.807) is 0 Å². The van der Waals surface area contributed by atoms with Gasteiger partial charge in [0, 0.05) is 0 Å². The van der Waals surface area contributed by atoms with E-state index in [0.29, 0.717) is 5.92 Å². The largest absolute Gasteiger partial charge is 0.457 e. The average Bonchev–Trinajstić information content (AvgIpc) is 2.46. The summed E-state index contributed by atoms with van der Waals surface area (Å²) in [7, 11) is 0. The van der Waals surface area contributed by atoms with E-state index in [4.69, 9.17) is 4.74 Å². The summed E-state index contributed by atoms with van der Waals surface area (Å²) in [5, 5.41) is 0. The van der Waals surface area contributed by atoms with E-state index in [9.17, 15) is 0 Å². The fourth-order valence-corrected chi connectivity index (χ4v) is 2.19. The SMILES string of the molecule is CCCCC(C)c1cccc(Oc2ccccc2)c1. The lowest BCUT2D eigenvalue weighted by molar-refractivity contribution is 0.481. The summed E-state index contributed by atoms with van der Waals surface area (Å²) in [6.07, 6.45) is 3.78. The molecule has 0 aromatic heterocycles. The van der Waals surface area contributed by atoms with Crippen molar-refractivity contribution < 1.29 is 4.74 Å². The summed E-state index contributed by atoms with van der Waals surface area (Å²) >= 11 is 0. The van der Waals surface area contributed by atoms with Crippen LogP contribution in [0.25, 0.3) is 0 Å². The summed E-state index contributed by atoms with van der Waals surface area (Å²) in [5.74, 6) is 2.41. The van der Waals surface area contributed by atoms with E-state index in [2.05, 4.69) is 32.0 Å². The Morgan fingerprint density at radius 1 is 0.947 bits per heavy atom. The third kappa shape index (κ3) is 4.13. The molecule has 2 aromatic carbocycles. The Labute approximate surface area is 116 Å². The molecule has 0 saturated heterocycles. The Kier molecular flexibility index (Phi) is 5.02. The zero-order valence-corrected chi connectivity index (χ0v) is 11.8. The molecule has 0 aliphatic carbocycles. The third-order valence-corrected chi connectivity index (χ3v) is 3.40. The van der Waals surface area contributed by atoms with Crippen molar-refractivity contribution in [2.45, 2.75) is 39.0 Å². The van der Waals surface area contributed by atoms with Crippen LogP contribution in [0.5, 0.6) is 11.5 Å². The van der Waals surface area contributed by atoms with Gasteiger partial charge >= 0.3 is 0 Å². The van der Waals surface area contributed by atoms with Crippen LogP contribution in [0.4, 0.5) is 0 Å². The minimum Gasteiger partial charge on any atom is -0.457 e. The van der Waals surface area contributed by atoms with Crippen molar-refractivity contribution in [2.24, 2.45) is 0 Å². The molecule has 0 aliphatic rings. The summed E-state index contributed by atoms with van der Waals surface area (Å²) in [5.41, 5.74) is 1.36. The molecule has 1 atom stereocenters. The van der Waals surface area contributed by atoms with Crippen LogP contribution >= 0.6 is 0 Å². The summed E-state index contributed by atoms with van der Waals surface area (Å²) < 4.78 is 5.87. The van der Waals surface area contributed by atoms with Crippen LogP contribution in [0.2, 0.25) is 0 Å². The minimum atomic E-state index is 0.597. The van der Waals surface area contributed by atoms with Gasteiger partial charge in [-0.3, -0.25) is 0 Å². The molecule has 19 heavy (non-hydrogen) atoms. The van der Waals surface area contributed by atoms with Gasteiger partial charge in [0.25, 0.3) is 0 Å². The first-order chi connectivity index (χ1) is 9.29. The Hall–Kier alpha value is -1.76. The number of ether oxygens (including phenoxy) is 1. The van der Waals surface area contributed by atoms with Crippen molar-refractivity contribution >= 4 is 0 Å². The lowest BCUT2D eigenvalue weighted by atomic mass is 9.95. The summed E-state index contributed by atoms with van der Waals surface area (Å²) in [4.78, 5) is 0. The molecule has 0 spiro atoms. The quantitative estimate of drug-likeness (QED) is 0.635. The van der Waals surface area contributed by atoms with Gasteiger partial charge in [-0.05, 0) is 42.2 Å². The number of hydrogen-bond donors (Lipinski definition) is 0. The van der Waals surface area contributed by atoms with Gasteiger partial charge < -0.3 is 4.74 Å². The molecule has 0 fully saturated rings. The van der Waals surface area contributed by atoms with Gasteiger partial charge in [-0.2, -0.15) is 0 Å². The lowest BCUT2D eigenvalue weighted by Gasteiger charge is -2.13. The number of unbranched alkanes of at least 4 members (excludes halogenated alkanes) is 1. The highest BCUT2D eigenvalue weighted by atomic mass is 16.5. The third-order valence-electron chi connectivity index (χ3n) is 3.40. The van der Waals surface area contributed by atoms with E-state index < -0.39 is 0 Å². The topological polar surface area (TPSA) is 9.23 Å². The normalized spacial score (nSPS) is 12.1. The maximum atomic E-state index is 5.87.